The molecule has 0 aliphatic heterocycles. The average molecular weight is 457 g/mol. The van der Waals surface area contributed by atoms with Gasteiger partial charge in [-0.15, -0.1) is 0 Å². The molecule has 2 heterocycles. The summed E-state index contributed by atoms with van der Waals surface area (Å²) in [6, 6.07) is 8.39. The fourth-order valence-corrected chi connectivity index (χ4v) is 3.96. The van der Waals surface area contributed by atoms with Crippen molar-refractivity contribution in [2.45, 2.75) is 11.8 Å². The van der Waals surface area contributed by atoms with Crippen LogP contribution in [0, 0.1) is 6.92 Å². The number of aryl methyl sites for hydroxylation is 1. The Labute approximate surface area is 176 Å². The number of hydrogen-bond acceptors (Lipinski definition) is 5. The second kappa shape index (κ2) is 8.05. The molecule has 0 aliphatic carbocycles. The highest BCUT2D eigenvalue weighted by Gasteiger charge is 2.22. The summed E-state index contributed by atoms with van der Waals surface area (Å²) in [6.45, 7) is 1.68. The van der Waals surface area contributed by atoms with E-state index in [4.69, 9.17) is 34.8 Å². The van der Waals surface area contributed by atoms with Crippen molar-refractivity contribution in [3.8, 4) is 0 Å². The van der Waals surface area contributed by atoms with E-state index in [2.05, 4.69) is 14.7 Å². The van der Waals surface area contributed by atoms with E-state index in [9.17, 15) is 13.2 Å². The Bertz CT molecular complexity index is 1180. The van der Waals surface area contributed by atoms with Crippen LogP contribution in [0.1, 0.15) is 21.6 Å². The quantitative estimate of drug-likeness (QED) is 0.441. The Morgan fingerprint density at radius 1 is 1.04 bits per heavy atom. The number of benzene rings is 1. The fraction of sp³-hybridized carbons (Fsp3) is 0.0556. The van der Waals surface area contributed by atoms with Gasteiger partial charge in [-0.2, -0.15) is 0 Å². The molecule has 10 heteroatoms. The van der Waals surface area contributed by atoms with Crippen molar-refractivity contribution in [1.82, 2.24) is 9.97 Å². The van der Waals surface area contributed by atoms with Gasteiger partial charge in [-0.05, 0) is 48.9 Å². The normalized spacial score (nSPS) is 11.3. The van der Waals surface area contributed by atoms with Crippen LogP contribution in [0.3, 0.4) is 0 Å². The number of rotatable bonds is 5. The highest BCUT2D eigenvalue weighted by atomic mass is 35.5. The zero-order chi connectivity index (χ0) is 20.5. The lowest BCUT2D eigenvalue weighted by Gasteiger charge is -2.12. The molecule has 0 unspecified atom stereocenters. The second-order valence-electron chi connectivity index (χ2n) is 5.76. The third-order valence-electron chi connectivity index (χ3n) is 3.74. The van der Waals surface area contributed by atoms with Gasteiger partial charge >= 0.3 is 0 Å². The Morgan fingerprint density at radius 3 is 2.46 bits per heavy atom. The molecule has 0 aliphatic rings. The van der Waals surface area contributed by atoms with Crippen LogP contribution in [0.25, 0.3) is 0 Å². The van der Waals surface area contributed by atoms with Crippen molar-refractivity contribution in [3.05, 3.63) is 80.8 Å². The van der Waals surface area contributed by atoms with Gasteiger partial charge in [0.1, 0.15) is 10.8 Å². The van der Waals surface area contributed by atoms with Crippen LogP contribution in [0.4, 0.5) is 5.69 Å². The summed E-state index contributed by atoms with van der Waals surface area (Å²) in [7, 11) is -4.01. The first-order chi connectivity index (χ1) is 13.2. The maximum atomic E-state index is 12.8. The van der Waals surface area contributed by atoms with Crippen LogP contribution in [-0.4, -0.2) is 24.2 Å². The maximum absolute atomic E-state index is 12.8. The number of aromatic nitrogens is 2. The van der Waals surface area contributed by atoms with Crippen molar-refractivity contribution in [2.75, 3.05) is 4.72 Å². The minimum atomic E-state index is -4.01. The van der Waals surface area contributed by atoms with Gasteiger partial charge in [-0.25, -0.2) is 18.4 Å². The summed E-state index contributed by atoms with van der Waals surface area (Å²) >= 11 is 17.7. The van der Waals surface area contributed by atoms with E-state index in [1.165, 1.54) is 48.8 Å². The SMILES string of the molecule is Cc1cc(S(=O)(=O)Nc2cc(Cl)cnc2C(=O)c2ccnc(Cl)c2)ccc1Cl. The van der Waals surface area contributed by atoms with Crippen LogP contribution in [0.2, 0.25) is 15.2 Å². The Balaban J connectivity index is 2.03. The van der Waals surface area contributed by atoms with Crippen molar-refractivity contribution in [1.29, 1.82) is 0 Å². The van der Waals surface area contributed by atoms with Crippen molar-refractivity contribution in [2.24, 2.45) is 0 Å². The van der Waals surface area contributed by atoms with Gasteiger partial charge < -0.3 is 0 Å². The van der Waals surface area contributed by atoms with Crippen LogP contribution in [-0.2, 0) is 10.0 Å². The number of ketones is 1. The molecule has 0 atom stereocenters. The van der Waals surface area contributed by atoms with Crippen molar-refractivity contribution < 1.29 is 13.2 Å². The molecule has 3 aromatic rings. The van der Waals surface area contributed by atoms with Gasteiger partial charge in [0.25, 0.3) is 10.0 Å². The van der Waals surface area contributed by atoms with Crippen LogP contribution >= 0.6 is 34.8 Å². The summed E-state index contributed by atoms with van der Waals surface area (Å²) in [5, 5.41) is 0.724. The zero-order valence-electron chi connectivity index (χ0n) is 14.3. The summed E-state index contributed by atoms with van der Waals surface area (Å²) in [4.78, 5) is 20.6. The van der Waals surface area contributed by atoms with Crippen LogP contribution < -0.4 is 4.72 Å². The van der Waals surface area contributed by atoms with Gasteiger partial charge in [0.05, 0.1) is 15.6 Å². The number of carbonyl (C=O) groups is 1. The molecule has 28 heavy (non-hydrogen) atoms. The third kappa shape index (κ3) is 4.44. The zero-order valence-corrected chi connectivity index (χ0v) is 17.4. The predicted octanol–water partition coefficient (Wildman–Crippen LogP) is 4.78. The Morgan fingerprint density at radius 2 is 1.79 bits per heavy atom. The molecule has 0 spiro atoms. The number of nitrogens with one attached hydrogen (secondary N) is 1. The highest BCUT2D eigenvalue weighted by Crippen LogP contribution is 2.26. The summed E-state index contributed by atoms with van der Waals surface area (Å²) < 4.78 is 27.9. The number of halogens is 3. The van der Waals surface area contributed by atoms with Crippen molar-refractivity contribution in [3.63, 3.8) is 0 Å². The number of carbonyl (C=O) groups excluding carboxylic acids is 1. The van der Waals surface area contributed by atoms with E-state index in [0.29, 0.717) is 10.6 Å². The molecule has 6 nitrogen and oxygen atoms in total. The molecule has 1 aromatic carbocycles. The van der Waals surface area contributed by atoms with Crippen LogP contribution in [0.5, 0.6) is 0 Å². The lowest BCUT2D eigenvalue weighted by atomic mass is 10.1. The van der Waals surface area contributed by atoms with E-state index in [1.807, 2.05) is 0 Å². The molecule has 0 amide bonds. The number of anilines is 1. The molecule has 0 saturated carbocycles. The van der Waals surface area contributed by atoms with Crippen molar-refractivity contribution >= 4 is 56.3 Å². The standard InChI is InChI=1S/C18H12Cl3N3O3S/c1-10-6-13(2-3-14(10)20)28(26,27)24-15-8-12(19)9-23-17(15)18(25)11-4-5-22-16(21)7-11/h2-9,24H,1H3. The van der Waals surface area contributed by atoms with E-state index >= 15 is 0 Å². The maximum Gasteiger partial charge on any atom is 0.261 e. The van der Waals surface area contributed by atoms with E-state index in [1.54, 1.807) is 6.92 Å². The number of pyridine rings is 2. The number of sulfonamides is 1. The summed E-state index contributed by atoms with van der Waals surface area (Å²) in [5.74, 6) is -0.536. The van der Waals surface area contributed by atoms with E-state index in [0.717, 1.165) is 0 Å². The molecule has 3 rings (SSSR count). The number of hydrogen-bond donors (Lipinski definition) is 1. The average Bonchev–Trinajstić information content (AvgIpc) is 2.63. The monoisotopic (exact) mass is 455 g/mol. The topological polar surface area (TPSA) is 89.0 Å². The molecule has 1 N–H and O–H groups in total. The highest BCUT2D eigenvalue weighted by molar-refractivity contribution is 7.92. The predicted molar refractivity (Wildman–Crippen MR) is 109 cm³/mol. The first kappa shape index (κ1) is 20.5. The smallest absolute Gasteiger partial charge is 0.261 e. The lowest BCUT2D eigenvalue weighted by molar-refractivity contribution is 0.103. The third-order valence-corrected chi connectivity index (χ3v) is 5.94. The number of nitrogens with zero attached hydrogens (tertiary/aromatic N) is 2. The second-order valence-corrected chi connectivity index (χ2v) is 8.68. The molecule has 0 saturated heterocycles. The van der Waals surface area contributed by atoms with E-state index < -0.39 is 15.8 Å². The minimum absolute atomic E-state index is 0.0141. The molecular formula is C18H12Cl3N3O3S. The largest absolute Gasteiger partial charge is 0.287 e. The minimum Gasteiger partial charge on any atom is -0.287 e. The van der Waals surface area contributed by atoms with Gasteiger partial charge in [0.2, 0.25) is 5.78 Å². The molecule has 0 fully saturated rings. The Kier molecular flexibility index (Phi) is 5.90. The molecule has 0 bridgehead atoms. The molecule has 144 valence electrons. The first-order valence-corrected chi connectivity index (χ1v) is 10.4. The molecule has 0 radical (unpaired) electrons. The molecular weight excluding hydrogens is 445 g/mol. The first-order valence-electron chi connectivity index (χ1n) is 7.78. The van der Waals surface area contributed by atoms with Gasteiger partial charge in [0.15, 0.2) is 0 Å². The van der Waals surface area contributed by atoms with Crippen LogP contribution in [0.15, 0.2) is 53.7 Å². The fourth-order valence-electron chi connectivity index (χ4n) is 2.37. The van der Waals surface area contributed by atoms with E-state index in [-0.39, 0.29) is 32.0 Å². The Hall–Kier alpha value is -2.19. The lowest BCUT2D eigenvalue weighted by Crippen LogP contribution is -2.17. The summed E-state index contributed by atoms with van der Waals surface area (Å²) in [6.07, 6.45) is 2.62. The summed E-state index contributed by atoms with van der Waals surface area (Å²) in [5.41, 5.74) is 0.619. The molecule has 2 aromatic heterocycles. The van der Waals surface area contributed by atoms with Gasteiger partial charge in [-0.1, -0.05) is 34.8 Å². The van der Waals surface area contributed by atoms with Gasteiger partial charge in [-0.3, -0.25) is 9.52 Å². The van der Waals surface area contributed by atoms with Gasteiger partial charge in [0, 0.05) is 23.0 Å².